The highest BCUT2D eigenvalue weighted by Crippen LogP contribution is 2.51. The second kappa shape index (κ2) is 7.85. The summed E-state index contributed by atoms with van der Waals surface area (Å²) in [6.45, 7) is 0. The molecule has 3 atom stereocenters. The van der Waals surface area contributed by atoms with E-state index in [0.29, 0.717) is 5.75 Å². The molecule has 10 heteroatoms. The third-order valence-corrected chi connectivity index (χ3v) is 6.95. The summed E-state index contributed by atoms with van der Waals surface area (Å²) in [5.74, 6) is -3.75. The highest BCUT2D eigenvalue weighted by Gasteiger charge is 2.48. The van der Waals surface area contributed by atoms with Gasteiger partial charge in [0.05, 0.1) is 16.5 Å². The van der Waals surface area contributed by atoms with Gasteiger partial charge in [0.25, 0.3) is 0 Å². The normalized spacial score (nSPS) is 21.3. The van der Waals surface area contributed by atoms with Crippen LogP contribution in [-0.2, 0) is 19.6 Å². The summed E-state index contributed by atoms with van der Waals surface area (Å²) in [6.07, 6.45) is 2.89. The summed E-state index contributed by atoms with van der Waals surface area (Å²) in [5, 5.41) is 18.7. The van der Waals surface area contributed by atoms with Crippen LogP contribution in [0.4, 0.5) is 0 Å². The number of nitriles is 1. The molecule has 1 saturated carbocycles. The smallest absolute Gasteiger partial charge is 0.396 e. The van der Waals surface area contributed by atoms with Gasteiger partial charge in [0, 0.05) is 18.6 Å². The number of rotatable bonds is 7. The Kier molecular flexibility index (Phi) is 5.35. The van der Waals surface area contributed by atoms with Crippen molar-refractivity contribution in [3.05, 3.63) is 53.6 Å². The minimum atomic E-state index is -4.38. The first kappa shape index (κ1) is 21.1. The predicted molar refractivity (Wildman–Crippen MR) is 107 cm³/mol. The van der Waals surface area contributed by atoms with E-state index in [2.05, 4.69) is 0 Å². The number of para-hydroxylation sites is 1. The molecule has 9 nitrogen and oxygen atoms in total. The lowest BCUT2D eigenvalue weighted by molar-refractivity contribution is -0.207. The predicted octanol–water partition coefficient (Wildman–Crippen LogP) is 2.33. The molecule has 2 aromatic rings. The van der Waals surface area contributed by atoms with Crippen LogP contribution in [0.3, 0.4) is 0 Å². The van der Waals surface area contributed by atoms with Crippen LogP contribution in [0.15, 0.2) is 47.4 Å². The number of hydrogen-bond acceptors (Lipinski definition) is 7. The number of ether oxygens (including phenoxy) is 3. The van der Waals surface area contributed by atoms with Gasteiger partial charge in [-0.3, -0.25) is 0 Å². The summed E-state index contributed by atoms with van der Waals surface area (Å²) in [5.41, 5.74) is 1.17. The van der Waals surface area contributed by atoms with Gasteiger partial charge < -0.3 is 19.3 Å². The zero-order valence-corrected chi connectivity index (χ0v) is 17.4. The molecule has 0 radical (unpaired) electrons. The van der Waals surface area contributed by atoms with E-state index >= 15 is 0 Å². The topological polar surface area (TPSA) is 135 Å². The van der Waals surface area contributed by atoms with Crippen LogP contribution in [0, 0.1) is 11.3 Å². The largest absolute Gasteiger partial charge is 0.486 e. The van der Waals surface area contributed by atoms with E-state index < -0.39 is 21.9 Å². The SMILES string of the molecule is COC(NS(=O)(=O)c1ccc(C#N)cc1)(Oc1cccc2c1OC1CCCC21)C(=O)O. The molecule has 2 N–H and O–H groups in total. The Morgan fingerprint density at radius 1 is 1.26 bits per heavy atom. The van der Waals surface area contributed by atoms with Gasteiger partial charge in [0.15, 0.2) is 11.5 Å². The first-order valence-electron chi connectivity index (χ1n) is 9.61. The van der Waals surface area contributed by atoms with E-state index in [1.165, 1.54) is 30.3 Å². The third kappa shape index (κ3) is 3.72. The molecular weight excluding hydrogens is 424 g/mol. The Labute approximate surface area is 179 Å². The van der Waals surface area contributed by atoms with Crippen molar-refractivity contribution in [1.29, 1.82) is 5.26 Å². The van der Waals surface area contributed by atoms with Crippen LogP contribution >= 0.6 is 0 Å². The highest BCUT2D eigenvalue weighted by molar-refractivity contribution is 7.89. The highest BCUT2D eigenvalue weighted by atomic mass is 32.2. The van der Waals surface area contributed by atoms with Crippen LogP contribution in [0.5, 0.6) is 11.5 Å². The zero-order valence-electron chi connectivity index (χ0n) is 16.6. The molecule has 31 heavy (non-hydrogen) atoms. The van der Waals surface area contributed by atoms with Crippen molar-refractivity contribution in [2.75, 3.05) is 7.11 Å². The van der Waals surface area contributed by atoms with Crippen molar-refractivity contribution in [1.82, 2.24) is 4.72 Å². The molecule has 1 fully saturated rings. The molecule has 1 heterocycles. The molecule has 1 aliphatic carbocycles. The lowest BCUT2D eigenvalue weighted by Crippen LogP contribution is -2.60. The zero-order chi connectivity index (χ0) is 22.2. The monoisotopic (exact) mass is 444 g/mol. The standard InChI is InChI=1S/C21H20N2O7S/c1-28-21(20(24)25,23-31(26,27)14-10-8-13(12-22)9-11-14)30-18-7-3-5-16-15-4-2-6-17(15)29-19(16)18/h3,5,7-11,15,17,23H,2,4,6H2,1H3,(H,24,25). The summed E-state index contributed by atoms with van der Waals surface area (Å²) >= 11 is 0. The second-order valence-electron chi connectivity index (χ2n) is 7.34. The lowest BCUT2D eigenvalue weighted by atomic mass is 9.97. The number of methoxy groups -OCH3 is 1. The number of aliphatic carboxylic acids is 1. The molecule has 0 aromatic heterocycles. The van der Waals surface area contributed by atoms with E-state index in [9.17, 15) is 18.3 Å². The van der Waals surface area contributed by atoms with Crippen LogP contribution in [0.2, 0.25) is 0 Å². The fourth-order valence-corrected chi connectivity index (χ4v) is 5.16. The van der Waals surface area contributed by atoms with Gasteiger partial charge in [-0.25, -0.2) is 13.2 Å². The van der Waals surface area contributed by atoms with E-state index in [0.717, 1.165) is 31.9 Å². The van der Waals surface area contributed by atoms with Gasteiger partial charge >= 0.3 is 11.9 Å². The molecule has 0 saturated heterocycles. The van der Waals surface area contributed by atoms with Crippen molar-refractivity contribution < 1.29 is 32.5 Å². The third-order valence-electron chi connectivity index (χ3n) is 5.52. The molecular formula is C21H20N2O7S. The number of nitrogens with zero attached hydrogens (tertiary/aromatic N) is 1. The Morgan fingerprint density at radius 3 is 2.65 bits per heavy atom. The molecule has 3 unspecified atom stereocenters. The summed E-state index contributed by atoms with van der Waals surface area (Å²) < 4.78 is 44.3. The maximum atomic E-state index is 12.8. The van der Waals surface area contributed by atoms with E-state index in [-0.39, 0.29) is 28.2 Å². The van der Waals surface area contributed by atoms with Crippen LogP contribution < -0.4 is 14.2 Å². The summed E-state index contributed by atoms with van der Waals surface area (Å²) in [6, 6.07) is 12.0. The Bertz CT molecular complexity index is 1160. The van der Waals surface area contributed by atoms with Gasteiger partial charge in [0.2, 0.25) is 10.0 Å². The van der Waals surface area contributed by atoms with Gasteiger partial charge in [-0.2, -0.15) is 5.26 Å². The molecule has 0 spiro atoms. The Hall–Kier alpha value is -3.13. The van der Waals surface area contributed by atoms with Crippen molar-refractivity contribution in [2.45, 2.75) is 42.1 Å². The minimum Gasteiger partial charge on any atom is -0.486 e. The van der Waals surface area contributed by atoms with E-state index in [1.807, 2.05) is 16.9 Å². The van der Waals surface area contributed by atoms with E-state index in [1.54, 1.807) is 6.07 Å². The first-order chi connectivity index (χ1) is 14.8. The van der Waals surface area contributed by atoms with Crippen LogP contribution in [0.25, 0.3) is 0 Å². The molecule has 0 amide bonds. The van der Waals surface area contributed by atoms with Gasteiger partial charge in [0.1, 0.15) is 6.10 Å². The molecule has 162 valence electrons. The summed E-state index contributed by atoms with van der Waals surface area (Å²) in [7, 11) is -3.36. The first-order valence-corrected chi connectivity index (χ1v) is 11.1. The Morgan fingerprint density at radius 2 is 2.00 bits per heavy atom. The second-order valence-corrected chi connectivity index (χ2v) is 9.02. The molecule has 0 bridgehead atoms. The number of sulfonamides is 1. The van der Waals surface area contributed by atoms with Crippen molar-refractivity contribution in [3.8, 4) is 17.6 Å². The lowest BCUT2D eigenvalue weighted by Gasteiger charge is -2.29. The molecule has 4 rings (SSSR count). The Balaban J connectivity index is 1.68. The quantitative estimate of drug-likeness (QED) is 0.621. The molecule has 2 aromatic carbocycles. The fourth-order valence-electron chi connectivity index (χ4n) is 3.98. The maximum Gasteiger partial charge on any atom is 0.396 e. The van der Waals surface area contributed by atoms with Gasteiger partial charge in [-0.05, 0) is 49.6 Å². The molecule has 2 aliphatic rings. The average Bonchev–Trinajstić information content (AvgIpc) is 3.35. The summed E-state index contributed by atoms with van der Waals surface area (Å²) in [4.78, 5) is 11.9. The maximum absolute atomic E-state index is 12.8. The van der Waals surface area contributed by atoms with Gasteiger partial charge in [-0.15, -0.1) is 4.72 Å². The average molecular weight is 444 g/mol. The van der Waals surface area contributed by atoms with Crippen molar-refractivity contribution >= 4 is 16.0 Å². The number of carboxylic acid groups (broad SMARTS) is 1. The van der Waals surface area contributed by atoms with Gasteiger partial charge in [-0.1, -0.05) is 12.1 Å². The van der Waals surface area contributed by atoms with Crippen molar-refractivity contribution in [2.24, 2.45) is 0 Å². The minimum absolute atomic E-state index is 0.00290. The number of carboxylic acids is 1. The number of hydrogen-bond donors (Lipinski definition) is 2. The fraction of sp³-hybridized carbons (Fsp3) is 0.333. The van der Waals surface area contributed by atoms with Crippen molar-refractivity contribution in [3.63, 3.8) is 0 Å². The van der Waals surface area contributed by atoms with Crippen LogP contribution in [0.1, 0.15) is 36.3 Å². The number of carbonyl (C=O) groups is 1. The number of benzene rings is 2. The van der Waals surface area contributed by atoms with Crippen LogP contribution in [-0.4, -0.2) is 38.6 Å². The van der Waals surface area contributed by atoms with E-state index in [4.69, 9.17) is 19.5 Å². The number of nitrogens with one attached hydrogen (secondary N) is 1. The molecule has 1 aliphatic heterocycles. The number of fused-ring (bicyclic) bond motifs is 3.